The van der Waals surface area contributed by atoms with Crippen molar-refractivity contribution in [1.29, 1.82) is 0 Å². The van der Waals surface area contributed by atoms with E-state index in [2.05, 4.69) is 23.6 Å². The van der Waals surface area contributed by atoms with Gasteiger partial charge in [-0.3, -0.25) is 9.32 Å². The smallest absolute Gasteiger partial charge is 0.463 e. The predicted octanol–water partition coefficient (Wildman–Crippen LogP) is 5.04. The van der Waals surface area contributed by atoms with Crippen LogP contribution in [0, 0.1) is 0 Å². The summed E-state index contributed by atoms with van der Waals surface area (Å²) in [5, 5.41) is 8.95. The molecule has 7 nitrogen and oxygen atoms in total. The molecule has 0 spiro atoms. The van der Waals surface area contributed by atoms with Gasteiger partial charge in [0.05, 0.1) is 6.61 Å². The molecule has 0 saturated carbocycles. The van der Waals surface area contributed by atoms with Crippen LogP contribution in [0.15, 0.2) is 12.2 Å². The van der Waals surface area contributed by atoms with Crippen molar-refractivity contribution < 1.29 is 33.5 Å². The fraction of sp³-hybridized carbons (Fsp3) is 0.857. The van der Waals surface area contributed by atoms with E-state index in [1.165, 1.54) is 51.4 Å². The van der Waals surface area contributed by atoms with Crippen LogP contribution in [-0.4, -0.2) is 40.2 Å². The van der Waals surface area contributed by atoms with Gasteiger partial charge >= 0.3 is 13.8 Å². The van der Waals surface area contributed by atoms with E-state index in [0.717, 1.165) is 25.7 Å². The number of hydrogen-bond acceptors (Lipinski definition) is 5. The second-order valence-electron chi connectivity index (χ2n) is 7.42. The summed E-state index contributed by atoms with van der Waals surface area (Å²) in [5.41, 5.74) is 0. The molecule has 0 aliphatic heterocycles. The van der Waals surface area contributed by atoms with Crippen LogP contribution in [0.4, 0.5) is 0 Å². The van der Waals surface area contributed by atoms with E-state index in [-0.39, 0.29) is 13.0 Å². The van der Waals surface area contributed by atoms with E-state index in [4.69, 9.17) is 19.6 Å². The van der Waals surface area contributed by atoms with E-state index in [1.54, 1.807) is 0 Å². The number of allylic oxidation sites excluding steroid dienone is 2. The average Bonchev–Trinajstić information content (AvgIpc) is 2.67. The van der Waals surface area contributed by atoms with Crippen LogP contribution < -0.4 is 0 Å². The van der Waals surface area contributed by atoms with Gasteiger partial charge in [-0.1, -0.05) is 70.4 Å². The summed E-state index contributed by atoms with van der Waals surface area (Å²) in [6.45, 7) is 1.23. The number of unbranched alkanes of at least 4 members (excludes halogenated alkanes) is 11. The van der Waals surface area contributed by atoms with Crippen molar-refractivity contribution in [2.75, 3.05) is 13.2 Å². The van der Waals surface area contributed by atoms with Gasteiger partial charge in [-0.2, -0.15) is 0 Å². The van der Waals surface area contributed by atoms with Gasteiger partial charge in [0.15, 0.2) is 0 Å². The lowest BCUT2D eigenvalue weighted by Crippen LogP contribution is -2.24. The van der Waals surface area contributed by atoms with Crippen LogP contribution in [0.5, 0.6) is 0 Å². The quantitative estimate of drug-likeness (QED) is 0.106. The van der Waals surface area contributed by atoms with E-state index < -0.39 is 26.5 Å². The number of phosphoric acid groups is 1. The Labute approximate surface area is 176 Å². The third-order valence-electron chi connectivity index (χ3n) is 4.56. The van der Waals surface area contributed by atoms with Gasteiger partial charge < -0.3 is 19.6 Å². The monoisotopic (exact) mass is 436 g/mol. The van der Waals surface area contributed by atoms with Crippen molar-refractivity contribution in [2.45, 2.75) is 103 Å². The molecule has 0 unspecified atom stereocenters. The Morgan fingerprint density at radius 3 is 1.93 bits per heavy atom. The summed E-state index contributed by atoms with van der Waals surface area (Å²) in [7, 11) is -4.71. The molecule has 0 rings (SSSR count). The Morgan fingerprint density at radius 2 is 1.41 bits per heavy atom. The topological polar surface area (TPSA) is 113 Å². The van der Waals surface area contributed by atoms with E-state index in [0.29, 0.717) is 6.42 Å². The minimum Gasteiger partial charge on any atom is -0.463 e. The molecule has 0 radical (unpaired) electrons. The Bertz CT molecular complexity index is 462. The van der Waals surface area contributed by atoms with Crippen molar-refractivity contribution in [3.8, 4) is 0 Å². The zero-order valence-corrected chi connectivity index (χ0v) is 18.9. The maximum Gasteiger partial charge on any atom is 0.470 e. The Kier molecular flexibility index (Phi) is 18.8. The van der Waals surface area contributed by atoms with E-state index in [1.807, 2.05) is 0 Å². The number of hydrogen-bond donors (Lipinski definition) is 3. The van der Waals surface area contributed by atoms with Gasteiger partial charge in [0, 0.05) is 6.42 Å². The molecule has 0 bridgehead atoms. The first kappa shape index (κ1) is 28.3. The maximum atomic E-state index is 11.6. The fourth-order valence-corrected chi connectivity index (χ4v) is 3.42. The lowest BCUT2D eigenvalue weighted by Gasteiger charge is -2.15. The zero-order valence-electron chi connectivity index (χ0n) is 18.0. The molecule has 0 fully saturated rings. The second-order valence-corrected chi connectivity index (χ2v) is 8.61. The lowest BCUT2D eigenvalue weighted by atomic mass is 10.1. The minimum atomic E-state index is -4.71. The molecule has 0 amide bonds. The van der Waals surface area contributed by atoms with E-state index in [9.17, 15) is 9.36 Å². The van der Waals surface area contributed by atoms with Crippen LogP contribution in [0.1, 0.15) is 96.8 Å². The number of carbonyl (C=O) groups is 1. The van der Waals surface area contributed by atoms with Gasteiger partial charge in [-0.05, 0) is 32.1 Å². The maximum absolute atomic E-state index is 11.6. The van der Waals surface area contributed by atoms with Gasteiger partial charge in [0.2, 0.25) is 0 Å². The molecule has 29 heavy (non-hydrogen) atoms. The molecule has 0 aromatic carbocycles. The van der Waals surface area contributed by atoms with Crippen LogP contribution >= 0.6 is 7.82 Å². The number of carbonyl (C=O) groups excluding carboxylic acids is 1. The van der Waals surface area contributed by atoms with E-state index >= 15 is 0 Å². The molecule has 8 heteroatoms. The van der Waals surface area contributed by atoms with Crippen molar-refractivity contribution >= 4 is 13.8 Å². The third-order valence-corrected chi connectivity index (χ3v) is 5.14. The summed E-state index contributed by atoms with van der Waals surface area (Å²) in [6, 6.07) is 0. The van der Waals surface area contributed by atoms with Crippen molar-refractivity contribution in [3.05, 3.63) is 12.2 Å². The average molecular weight is 437 g/mol. The SMILES string of the molecule is CCCCCCCCCC/C=C\CCCCCC(=O)OC[C@H](CO)OP(=O)(O)O. The molecule has 0 saturated heterocycles. The summed E-state index contributed by atoms with van der Waals surface area (Å²) in [5.74, 6) is -0.456. The number of phosphoric ester groups is 1. The van der Waals surface area contributed by atoms with Crippen LogP contribution in [-0.2, 0) is 18.6 Å². The molecule has 0 heterocycles. The third kappa shape index (κ3) is 21.8. The van der Waals surface area contributed by atoms with Crippen molar-refractivity contribution in [1.82, 2.24) is 0 Å². The van der Waals surface area contributed by atoms with Gasteiger partial charge in [-0.15, -0.1) is 0 Å². The largest absolute Gasteiger partial charge is 0.470 e. The summed E-state index contributed by atoms with van der Waals surface area (Å²) >= 11 is 0. The first-order chi connectivity index (χ1) is 13.9. The molecule has 0 aromatic rings. The number of aliphatic hydroxyl groups is 1. The lowest BCUT2D eigenvalue weighted by molar-refractivity contribution is -0.147. The highest BCUT2D eigenvalue weighted by Crippen LogP contribution is 2.37. The molecule has 0 aliphatic carbocycles. The van der Waals surface area contributed by atoms with Crippen LogP contribution in [0.2, 0.25) is 0 Å². The first-order valence-corrected chi connectivity index (χ1v) is 12.6. The summed E-state index contributed by atoms with van der Waals surface area (Å²) in [6.07, 6.45) is 19.0. The van der Waals surface area contributed by atoms with Crippen LogP contribution in [0.3, 0.4) is 0 Å². The molecule has 1 atom stereocenters. The number of esters is 1. The minimum absolute atomic E-state index is 0.246. The number of rotatable bonds is 20. The molecule has 0 aromatic heterocycles. The van der Waals surface area contributed by atoms with Crippen molar-refractivity contribution in [2.24, 2.45) is 0 Å². The summed E-state index contributed by atoms with van der Waals surface area (Å²) < 4.78 is 19.9. The zero-order chi connectivity index (χ0) is 21.8. The highest BCUT2D eigenvalue weighted by atomic mass is 31.2. The highest BCUT2D eigenvalue weighted by molar-refractivity contribution is 7.46. The molecule has 3 N–H and O–H groups in total. The predicted molar refractivity (Wildman–Crippen MR) is 114 cm³/mol. The molecule has 0 aliphatic rings. The first-order valence-electron chi connectivity index (χ1n) is 11.0. The van der Waals surface area contributed by atoms with Gasteiger partial charge in [-0.25, -0.2) is 4.57 Å². The standard InChI is InChI=1S/C21H41O7P/c1-2-3-4-5-6-7-8-9-10-11-12-13-14-15-16-17-21(23)27-19-20(18-22)28-29(24,25)26/h11-12,20,22H,2-10,13-19H2,1H3,(H2,24,25,26)/b12-11-/t20-/m0/s1. The number of ether oxygens (including phenoxy) is 1. The fourth-order valence-electron chi connectivity index (χ4n) is 2.91. The van der Waals surface area contributed by atoms with Gasteiger partial charge in [0.1, 0.15) is 12.7 Å². The molecular formula is C21H41O7P. The Balaban J connectivity index is 3.47. The van der Waals surface area contributed by atoms with Gasteiger partial charge in [0.25, 0.3) is 0 Å². The second kappa shape index (κ2) is 19.3. The van der Waals surface area contributed by atoms with Crippen LogP contribution in [0.25, 0.3) is 0 Å². The Hall–Kier alpha value is -0.720. The van der Waals surface area contributed by atoms with Crippen molar-refractivity contribution in [3.63, 3.8) is 0 Å². The molecule has 172 valence electrons. The highest BCUT2D eigenvalue weighted by Gasteiger charge is 2.22. The molecular weight excluding hydrogens is 395 g/mol. The Morgan fingerprint density at radius 1 is 0.897 bits per heavy atom. The normalized spacial score (nSPS) is 13.1. The summed E-state index contributed by atoms with van der Waals surface area (Å²) in [4.78, 5) is 28.9. The number of aliphatic hydroxyl groups excluding tert-OH is 1.